The minimum absolute atomic E-state index is 0.262. The number of hydrogen-bond donors (Lipinski definition) is 2. The molecule has 0 bridgehead atoms. The van der Waals surface area contributed by atoms with Crippen LogP contribution in [0.5, 0.6) is 0 Å². The lowest BCUT2D eigenvalue weighted by Gasteiger charge is -2.07. The molecule has 0 atom stereocenters. The van der Waals surface area contributed by atoms with Crippen molar-refractivity contribution in [3.05, 3.63) is 53.7 Å². The Morgan fingerprint density at radius 1 is 1.29 bits per heavy atom. The van der Waals surface area contributed by atoms with Crippen LogP contribution in [-0.4, -0.2) is 6.54 Å². The molecule has 0 fully saturated rings. The molecule has 1 aromatic heterocycles. The summed E-state index contributed by atoms with van der Waals surface area (Å²) < 4.78 is 18.8. The van der Waals surface area contributed by atoms with Crippen molar-refractivity contribution >= 4 is 5.69 Å². The normalized spacial score (nSPS) is 10.5. The van der Waals surface area contributed by atoms with Crippen LogP contribution < -0.4 is 11.1 Å². The second-order valence-electron chi connectivity index (χ2n) is 3.79. The predicted octanol–water partition coefficient (Wildman–Crippen LogP) is 2.53. The lowest BCUT2D eigenvalue weighted by atomic mass is 10.1. The Bertz CT molecular complexity index is 468. The number of nitrogens with one attached hydrogen (secondary N) is 1. The van der Waals surface area contributed by atoms with Crippen LogP contribution >= 0.6 is 0 Å². The van der Waals surface area contributed by atoms with E-state index in [2.05, 4.69) is 5.32 Å². The molecule has 1 aromatic carbocycles. The largest absolute Gasteiger partial charge is 0.467 e. The summed E-state index contributed by atoms with van der Waals surface area (Å²) in [6.07, 6.45) is 2.28. The Hall–Kier alpha value is -1.81. The minimum Gasteiger partial charge on any atom is -0.467 e. The van der Waals surface area contributed by atoms with Crippen LogP contribution in [0.1, 0.15) is 11.3 Å². The van der Waals surface area contributed by atoms with Gasteiger partial charge in [-0.15, -0.1) is 0 Å². The van der Waals surface area contributed by atoms with Gasteiger partial charge in [0.2, 0.25) is 0 Å². The molecule has 0 aliphatic heterocycles. The topological polar surface area (TPSA) is 51.2 Å². The number of furan rings is 1. The number of rotatable bonds is 5. The molecular weight excluding hydrogens is 219 g/mol. The highest BCUT2D eigenvalue weighted by Crippen LogP contribution is 2.17. The number of hydrogen-bond acceptors (Lipinski definition) is 3. The Balaban J connectivity index is 2.01. The van der Waals surface area contributed by atoms with Crippen molar-refractivity contribution in [3.8, 4) is 0 Å². The highest BCUT2D eigenvalue weighted by Gasteiger charge is 2.03. The molecule has 17 heavy (non-hydrogen) atoms. The van der Waals surface area contributed by atoms with E-state index in [4.69, 9.17) is 10.2 Å². The van der Waals surface area contributed by atoms with Gasteiger partial charge >= 0.3 is 0 Å². The van der Waals surface area contributed by atoms with E-state index in [1.165, 1.54) is 6.07 Å². The summed E-state index contributed by atoms with van der Waals surface area (Å²) in [5, 5.41) is 2.98. The number of nitrogens with two attached hydrogens (primary N) is 1. The second kappa shape index (κ2) is 5.50. The van der Waals surface area contributed by atoms with Crippen molar-refractivity contribution in [3.63, 3.8) is 0 Å². The molecule has 0 aliphatic rings. The monoisotopic (exact) mass is 234 g/mol. The molecule has 4 heteroatoms. The number of anilines is 1. The first-order valence-electron chi connectivity index (χ1n) is 5.54. The van der Waals surface area contributed by atoms with Crippen LogP contribution in [0.15, 0.2) is 41.0 Å². The maximum absolute atomic E-state index is 13.7. The van der Waals surface area contributed by atoms with Crippen molar-refractivity contribution < 1.29 is 8.81 Å². The molecule has 0 unspecified atom stereocenters. The van der Waals surface area contributed by atoms with E-state index in [-0.39, 0.29) is 5.82 Å². The van der Waals surface area contributed by atoms with Gasteiger partial charge in [0.05, 0.1) is 18.5 Å². The quantitative estimate of drug-likeness (QED) is 0.835. The maximum atomic E-state index is 13.7. The molecule has 0 amide bonds. The second-order valence-corrected chi connectivity index (χ2v) is 3.79. The van der Waals surface area contributed by atoms with Gasteiger partial charge in [-0.1, -0.05) is 6.07 Å². The first-order valence-corrected chi connectivity index (χ1v) is 5.54. The molecule has 0 saturated heterocycles. The van der Waals surface area contributed by atoms with E-state index in [0.717, 1.165) is 11.3 Å². The molecule has 3 nitrogen and oxygen atoms in total. The van der Waals surface area contributed by atoms with Crippen molar-refractivity contribution in [1.82, 2.24) is 0 Å². The molecule has 2 aromatic rings. The Morgan fingerprint density at radius 3 is 2.82 bits per heavy atom. The van der Waals surface area contributed by atoms with E-state index in [0.29, 0.717) is 25.2 Å². The summed E-state index contributed by atoms with van der Waals surface area (Å²) in [5.74, 6) is 0.512. The fourth-order valence-electron chi connectivity index (χ4n) is 1.62. The molecule has 2 rings (SSSR count). The molecule has 0 saturated carbocycles. The molecular formula is C13H15FN2O. The maximum Gasteiger partial charge on any atom is 0.146 e. The Kier molecular flexibility index (Phi) is 3.77. The van der Waals surface area contributed by atoms with Crippen molar-refractivity contribution in [1.29, 1.82) is 0 Å². The Morgan fingerprint density at radius 2 is 2.18 bits per heavy atom. The molecule has 0 radical (unpaired) electrons. The van der Waals surface area contributed by atoms with E-state index < -0.39 is 0 Å². The standard InChI is InChI=1S/C13H15FN2O/c14-12-8-10(5-6-15)3-4-13(12)16-9-11-2-1-7-17-11/h1-4,7-8,16H,5-6,9,15H2. The Labute approximate surface area is 99.4 Å². The van der Waals surface area contributed by atoms with Gasteiger partial charge in [-0.25, -0.2) is 4.39 Å². The highest BCUT2D eigenvalue weighted by molar-refractivity contribution is 5.46. The number of benzene rings is 1. The van der Waals surface area contributed by atoms with Gasteiger partial charge in [0.1, 0.15) is 11.6 Å². The van der Waals surface area contributed by atoms with Gasteiger partial charge in [0, 0.05) is 0 Å². The zero-order chi connectivity index (χ0) is 12.1. The average Bonchev–Trinajstić information content (AvgIpc) is 2.81. The van der Waals surface area contributed by atoms with Crippen LogP contribution in [0, 0.1) is 5.82 Å². The zero-order valence-corrected chi connectivity index (χ0v) is 9.45. The lowest BCUT2D eigenvalue weighted by Crippen LogP contribution is -2.04. The lowest BCUT2D eigenvalue weighted by molar-refractivity contribution is 0.517. The van der Waals surface area contributed by atoms with E-state index >= 15 is 0 Å². The summed E-state index contributed by atoms with van der Waals surface area (Å²) in [6, 6.07) is 8.76. The van der Waals surface area contributed by atoms with Crippen molar-refractivity contribution in [2.45, 2.75) is 13.0 Å². The summed E-state index contributed by atoms with van der Waals surface area (Å²) in [4.78, 5) is 0. The van der Waals surface area contributed by atoms with Gasteiger partial charge in [-0.2, -0.15) is 0 Å². The SMILES string of the molecule is NCCc1ccc(NCc2ccco2)c(F)c1. The third kappa shape index (κ3) is 3.07. The summed E-state index contributed by atoms with van der Waals surface area (Å²) >= 11 is 0. The van der Waals surface area contributed by atoms with Crippen molar-refractivity contribution in [2.75, 3.05) is 11.9 Å². The summed E-state index contributed by atoms with van der Waals surface area (Å²) in [6.45, 7) is 0.999. The van der Waals surface area contributed by atoms with Crippen LogP contribution in [0.2, 0.25) is 0 Å². The fourth-order valence-corrected chi connectivity index (χ4v) is 1.62. The minimum atomic E-state index is -0.262. The fraction of sp³-hybridized carbons (Fsp3) is 0.231. The first kappa shape index (κ1) is 11.7. The van der Waals surface area contributed by atoms with Crippen molar-refractivity contribution in [2.24, 2.45) is 5.73 Å². The molecule has 90 valence electrons. The van der Waals surface area contributed by atoms with E-state index in [1.807, 2.05) is 12.1 Å². The van der Waals surface area contributed by atoms with Crippen LogP contribution in [0.4, 0.5) is 10.1 Å². The highest BCUT2D eigenvalue weighted by atomic mass is 19.1. The first-order chi connectivity index (χ1) is 8.29. The third-order valence-corrected chi connectivity index (χ3v) is 2.50. The van der Waals surface area contributed by atoms with Crippen LogP contribution in [-0.2, 0) is 13.0 Å². The van der Waals surface area contributed by atoms with Gasteiger partial charge in [0.25, 0.3) is 0 Å². The number of halogens is 1. The van der Waals surface area contributed by atoms with Gasteiger partial charge in [-0.05, 0) is 42.8 Å². The van der Waals surface area contributed by atoms with Crippen LogP contribution in [0.3, 0.4) is 0 Å². The average molecular weight is 234 g/mol. The molecule has 0 spiro atoms. The van der Waals surface area contributed by atoms with E-state index in [9.17, 15) is 4.39 Å². The predicted molar refractivity (Wildman–Crippen MR) is 65.2 cm³/mol. The summed E-state index contributed by atoms with van der Waals surface area (Å²) in [7, 11) is 0. The zero-order valence-electron chi connectivity index (χ0n) is 9.45. The third-order valence-electron chi connectivity index (χ3n) is 2.50. The summed E-state index contributed by atoms with van der Waals surface area (Å²) in [5.41, 5.74) is 6.81. The van der Waals surface area contributed by atoms with Gasteiger partial charge < -0.3 is 15.5 Å². The molecule has 3 N–H and O–H groups in total. The van der Waals surface area contributed by atoms with Crippen LogP contribution in [0.25, 0.3) is 0 Å². The molecule has 1 heterocycles. The van der Waals surface area contributed by atoms with E-state index in [1.54, 1.807) is 18.4 Å². The van der Waals surface area contributed by atoms with Gasteiger partial charge in [-0.3, -0.25) is 0 Å². The molecule has 0 aliphatic carbocycles. The van der Waals surface area contributed by atoms with Gasteiger partial charge in [0.15, 0.2) is 0 Å². The smallest absolute Gasteiger partial charge is 0.146 e.